The van der Waals surface area contributed by atoms with E-state index >= 15 is 0 Å². The maximum Gasteiger partial charge on any atom is 0.270 e. The average Bonchev–Trinajstić information content (AvgIpc) is 2.95. The molecule has 88 valence electrons. The molecule has 2 aromatic rings. The number of hydrogen-bond donors (Lipinski definition) is 1. The highest BCUT2D eigenvalue weighted by Crippen LogP contribution is 2.25. The molecule has 0 saturated carbocycles. The number of nitrogens with zero attached hydrogens (tertiary/aromatic N) is 1. The zero-order chi connectivity index (χ0) is 11.8. The molecule has 3 rings (SSSR count). The molecule has 17 heavy (non-hydrogen) atoms. The summed E-state index contributed by atoms with van der Waals surface area (Å²) in [6, 6.07) is 3.94. The van der Waals surface area contributed by atoms with Gasteiger partial charge in [0.05, 0.1) is 0 Å². The highest BCUT2D eigenvalue weighted by Gasteiger charge is 2.23. The van der Waals surface area contributed by atoms with Crippen LogP contribution in [0.3, 0.4) is 0 Å². The van der Waals surface area contributed by atoms with Gasteiger partial charge >= 0.3 is 0 Å². The Balaban J connectivity index is 1.81. The highest BCUT2D eigenvalue weighted by atomic mass is 79.9. The van der Waals surface area contributed by atoms with Crippen LogP contribution in [0.2, 0.25) is 0 Å². The summed E-state index contributed by atoms with van der Waals surface area (Å²) in [7, 11) is 0. The molecule has 3 heterocycles. The second-order valence-corrected chi connectivity index (χ2v) is 5.99. The molecule has 0 aromatic carbocycles. The molecule has 5 heteroatoms. The maximum absolute atomic E-state index is 12.2. The molecule has 0 radical (unpaired) electrons. The molecule has 2 aromatic heterocycles. The van der Waals surface area contributed by atoms with E-state index in [0.29, 0.717) is 5.69 Å². The number of aromatic nitrogens is 1. The van der Waals surface area contributed by atoms with E-state index in [0.717, 1.165) is 24.0 Å². The standard InChI is InChI=1S/C12H11BrN2OS/c13-9-5-10(14-6-9)12(16)15-3-1-11-8(7-15)2-4-17-11/h2,4-6,14H,1,3,7H2. The van der Waals surface area contributed by atoms with Crippen LogP contribution in [-0.2, 0) is 13.0 Å². The van der Waals surface area contributed by atoms with Gasteiger partial charge in [-0.25, -0.2) is 0 Å². The fourth-order valence-electron chi connectivity index (χ4n) is 2.08. The van der Waals surface area contributed by atoms with E-state index in [1.165, 1.54) is 10.4 Å². The first-order valence-corrected chi connectivity index (χ1v) is 7.10. The Hall–Kier alpha value is -1.07. The van der Waals surface area contributed by atoms with Gasteiger partial charge in [0.25, 0.3) is 5.91 Å². The van der Waals surface area contributed by atoms with Crippen molar-refractivity contribution in [3.8, 4) is 0 Å². The van der Waals surface area contributed by atoms with Crippen LogP contribution in [0.15, 0.2) is 28.2 Å². The zero-order valence-electron chi connectivity index (χ0n) is 9.07. The van der Waals surface area contributed by atoms with E-state index in [-0.39, 0.29) is 5.91 Å². The predicted octanol–water partition coefficient (Wildman–Crippen LogP) is 3.04. The summed E-state index contributed by atoms with van der Waals surface area (Å²) in [5.41, 5.74) is 1.94. The van der Waals surface area contributed by atoms with E-state index in [9.17, 15) is 4.79 Å². The molecule has 1 N–H and O–H groups in total. The van der Waals surface area contributed by atoms with Crippen LogP contribution in [0.1, 0.15) is 20.9 Å². The lowest BCUT2D eigenvalue weighted by Crippen LogP contribution is -2.35. The molecular formula is C12H11BrN2OS. The Kier molecular flexibility index (Phi) is 2.80. The van der Waals surface area contributed by atoms with E-state index < -0.39 is 0 Å². The smallest absolute Gasteiger partial charge is 0.270 e. The number of H-pyrrole nitrogens is 1. The fourth-order valence-corrected chi connectivity index (χ4v) is 3.32. The second kappa shape index (κ2) is 4.31. The number of carbonyl (C=O) groups is 1. The Morgan fingerprint density at radius 2 is 2.41 bits per heavy atom. The van der Waals surface area contributed by atoms with Crippen molar-refractivity contribution in [3.05, 3.63) is 44.3 Å². The number of aromatic amines is 1. The van der Waals surface area contributed by atoms with Gasteiger partial charge < -0.3 is 9.88 Å². The van der Waals surface area contributed by atoms with Gasteiger partial charge in [-0.1, -0.05) is 0 Å². The number of carbonyl (C=O) groups excluding carboxylic acids is 1. The molecule has 0 unspecified atom stereocenters. The summed E-state index contributed by atoms with van der Waals surface area (Å²) in [6.45, 7) is 1.54. The Morgan fingerprint density at radius 3 is 3.18 bits per heavy atom. The maximum atomic E-state index is 12.2. The van der Waals surface area contributed by atoms with Gasteiger partial charge in [-0.15, -0.1) is 11.3 Å². The minimum atomic E-state index is 0.0764. The van der Waals surface area contributed by atoms with E-state index in [4.69, 9.17) is 0 Å². The summed E-state index contributed by atoms with van der Waals surface area (Å²) in [4.78, 5) is 18.5. The Labute approximate surface area is 112 Å². The van der Waals surface area contributed by atoms with E-state index in [1.54, 1.807) is 17.5 Å². The molecule has 0 fully saturated rings. The third-order valence-electron chi connectivity index (χ3n) is 2.97. The molecule has 3 nitrogen and oxygen atoms in total. The topological polar surface area (TPSA) is 36.1 Å². The molecule has 1 aliphatic rings. The Morgan fingerprint density at radius 1 is 1.53 bits per heavy atom. The first-order valence-electron chi connectivity index (χ1n) is 5.42. The SMILES string of the molecule is O=C(c1cc(Br)c[nH]1)N1CCc2sccc2C1. The molecule has 0 spiro atoms. The second-order valence-electron chi connectivity index (χ2n) is 4.08. The van der Waals surface area contributed by atoms with Crippen molar-refractivity contribution < 1.29 is 4.79 Å². The largest absolute Gasteiger partial charge is 0.356 e. The fraction of sp³-hybridized carbons (Fsp3) is 0.250. The quantitative estimate of drug-likeness (QED) is 0.863. The van der Waals surface area contributed by atoms with E-state index in [2.05, 4.69) is 32.4 Å². The number of halogens is 1. The summed E-state index contributed by atoms with van der Waals surface area (Å²) in [5.74, 6) is 0.0764. The van der Waals surface area contributed by atoms with Gasteiger partial charge in [-0.05, 0) is 45.4 Å². The lowest BCUT2D eigenvalue weighted by atomic mass is 10.1. The summed E-state index contributed by atoms with van der Waals surface area (Å²) < 4.78 is 0.911. The normalized spacial score (nSPS) is 14.8. The van der Waals surface area contributed by atoms with Gasteiger partial charge in [-0.2, -0.15) is 0 Å². The number of hydrogen-bond acceptors (Lipinski definition) is 2. The third kappa shape index (κ3) is 2.05. The molecule has 0 aliphatic carbocycles. The van der Waals surface area contributed by atoms with Gasteiger partial charge in [0.2, 0.25) is 0 Å². The van der Waals surface area contributed by atoms with Crippen LogP contribution in [0.4, 0.5) is 0 Å². The minimum absolute atomic E-state index is 0.0764. The zero-order valence-corrected chi connectivity index (χ0v) is 11.5. The Bertz CT molecular complexity index is 560. The summed E-state index contributed by atoms with van der Waals surface area (Å²) >= 11 is 5.13. The van der Waals surface area contributed by atoms with Crippen LogP contribution in [-0.4, -0.2) is 22.3 Å². The minimum Gasteiger partial charge on any atom is -0.356 e. The van der Waals surface area contributed by atoms with Crippen LogP contribution < -0.4 is 0 Å². The third-order valence-corrected chi connectivity index (χ3v) is 4.45. The van der Waals surface area contributed by atoms with Gasteiger partial charge in [0.15, 0.2) is 0 Å². The lowest BCUT2D eigenvalue weighted by Gasteiger charge is -2.26. The number of nitrogens with one attached hydrogen (secondary N) is 1. The molecule has 1 amide bonds. The summed E-state index contributed by atoms with van der Waals surface area (Å²) in [5, 5.41) is 2.10. The van der Waals surface area contributed by atoms with Crippen molar-refractivity contribution in [3.63, 3.8) is 0 Å². The van der Waals surface area contributed by atoms with Crippen LogP contribution in [0.25, 0.3) is 0 Å². The van der Waals surface area contributed by atoms with Crippen molar-refractivity contribution in [2.24, 2.45) is 0 Å². The van der Waals surface area contributed by atoms with Crippen LogP contribution in [0.5, 0.6) is 0 Å². The molecule has 1 aliphatic heterocycles. The van der Waals surface area contributed by atoms with Crippen molar-refractivity contribution in [2.45, 2.75) is 13.0 Å². The number of thiophene rings is 1. The lowest BCUT2D eigenvalue weighted by molar-refractivity contribution is 0.0730. The molecule has 0 bridgehead atoms. The molecule has 0 atom stereocenters. The van der Waals surface area contributed by atoms with Gasteiger partial charge in [0.1, 0.15) is 5.69 Å². The van der Waals surface area contributed by atoms with Crippen molar-refractivity contribution in [1.82, 2.24) is 9.88 Å². The monoisotopic (exact) mass is 310 g/mol. The van der Waals surface area contributed by atoms with Crippen molar-refractivity contribution in [1.29, 1.82) is 0 Å². The average molecular weight is 311 g/mol. The molecule has 0 saturated heterocycles. The van der Waals surface area contributed by atoms with Crippen molar-refractivity contribution >= 4 is 33.2 Å². The van der Waals surface area contributed by atoms with Crippen molar-refractivity contribution in [2.75, 3.05) is 6.54 Å². The summed E-state index contributed by atoms with van der Waals surface area (Å²) in [6.07, 6.45) is 2.76. The molecular weight excluding hydrogens is 300 g/mol. The number of amides is 1. The van der Waals surface area contributed by atoms with Crippen LogP contribution >= 0.6 is 27.3 Å². The highest BCUT2D eigenvalue weighted by molar-refractivity contribution is 9.10. The van der Waals surface area contributed by atoms with E-state index in [1.807, 2.05) is 11.0 Å². The van der Waals surface area contributed by atoms with Gasteiger partial charge in [0, 0.05) is 28.6 Å². The number of fused-ring (bicyclic) bond motifs is 1. The van der Waals surface area contributed by atoms with Gasteiger partial charge in [-0.3, -0.25) is 4.79 Å². The predicted molar refractivity (Wildman–Crippen MR) is 71.3 cm³/mol. The first-order chi connectivity index (χ1) is 8.24. The first kappa shape index (κ1) is 11.0. The number of rotatable bonds is 1. The van der Waals surface area contributed by atoms with Crippen LogP contribution in [0, 0.1) is 0 Å².